The summed E-state index contributed by atoms with van der Waals surface area (Å²) in [4.78, 5) is 38.0. The van der Waals surface area contributed by atoms with E-state index in [1.807, 2.05) is 6.07 Å². The van der Waals surface area contributed by atoms with Crippen LogP contribution in [-0.4, -0.2) is 54.4 Å². The van der Waals surface area contributed by atoms with Crippen LogP contribution in [-0.2, 0) is 14.3 Å². The second-order valence-electron chi connectivity index (χ2n) is 6.19. The van der Waals surface area contributed by atoms with Crippen molar-refractivity contribution in [1.82, 2.24) is 10.2 Å². The van der Waals surface area contributed by atoms with E-state index in [4.69, 9.17) is 14.7 Å². The first-order chi connectivity index (χ1) is 13.6. The van der Waals surface area contributed by atoms with E-state index in [-0.39, 0.29) is 24.2 Å². The van der Waals surface area contributed by atoms with Crippen molar-refractivity contribution < 1.29 is 23.9 Å². The summed E-state index contributed by atoms with van der Waals surface area (Å²) >= 11 is 0.768. The maximum atomic E-state index is 12.6. The molecule has 1 atom stereocenters. The average molecular weight is 401 g/mol. The molecule has 1 N–H and O–H groups in total. The Morgan fingerprint density at radius 3 is 3.00 bits per heavy atom. The molecule has 1 aromatic carbocycles. The van der Waals surface area contributed by atoms with Crippen molar-refractivity contribution in [3.05, 3.63) is 34.7 Å². The minimum absolute atomic E-state index is 0.0105. The summed E-state index contributed by atoms with van der Waals surface area (Å²) in [6.45, 7) is 0.598. The van der Waals surface area contributed by atoms with E-state index in [1.165, 1.54) is 6.08 Å². The van der Waals surface area contributed by atoms with E-state index in [0.717, 1.165) is 29.5 Å². The number of thioether (sulfide) groups is 1. The Labute approximate surface area is 166 Å². The number of carbonyl (C=O) groups excluding carboxylic acids is 3. The van der Waals surface area contributed by atoms with Gasteiger partial charge < -0.3 is 14.8 Å². The highest BCUT2D eigenvalue weighted by Crippen LogP contribution is 2.33. The lowest BCUT2D eigenvalue weighted by atomic mass is 10.2. The number of benzene rings is 1. The van der Waals surface area contributed by atoms with Gasteiger partial charge in [0.2, 0.25) is 5.91 Å². The van der Waals surface area contributed by atoms with Gasteiger partial charge in [0, 0.05) is 18.7 Å². The van der Waals surface area contributed by atoms with Crippen molar-refractivity contribution >= 4 is 34.9 Å². The average Bonchev–Trinajstić information content (AvgIpc) is 3.30. The fraction of sp³-hybridized carbons (Fsp3) is 0.368. The molecule has 146 valence electrons. The highest BCUT2D eigenvalue weighted by atomic mass is 32.2. The number of hydrogen-bond donors (Lipinski definition) is 1. The molecule has 0 saturated carbocycles. The van der Waals surface area contributed by atoms with Crippen LogP contribution in [0.2, 0.25) is 0 Å². The van der Waals surface area contributed by atoms with Gasteiger partial charge in [0.1, 0.15) is 18.4 Å². The molecule has 0 unspecified atom stereocenters. The second-order valence-corrected chi connectivity index (χ2v) is 7.18. The van der Waals surface area contributed by atoms with Crippen molar-refractivity contribution in [3.8, 4) is 11.8 Å². The van der Waals surface area contributed by atoms with E-state index >= 15 is 0 Å². The lowest BCUT2D eigenvalue weighted by Gasteiger charge is -2.14. The Hall–Kier alpha value is -2.83. The number of hydrogen-bond acceptors (Lipinski definition) is 7. The monoisotopic (exact) mass is 401 g/mol. The van der Waals surface area contributed by atoms with Crippen molar-refractivity contribution in [2.75, 3.05) is 26.3 Å². The lowest BCUT2D eigenvalue weighted by Crippen LogP contribution is -2.41. The van der Waals surface area contributed by atoms with Gasteiger partial charge in [-0.2, -0.15) is 5.26 Å². The Kier molecular flexibility index (Phi) is 6.68. The van der Waals surface area contributed by atoms with Crippen molar-refractivity contribution in [3.63, 3.8) is 0 Å². The van der Waals surface area contributed by atoms with E-state index in [0.29, 0.717) is 24.5 Å². The van der Waals surface area contributed by atoms with E-state index in [9.17, 15) is 14.4 Å². The molecule has 3 rings (SSSR count). The summed E-state index contributed by atoms with van der Waals surface area (Å²) in [5.74, 6) is -0.501. The number of nitrogens with one attached hydrogen (secondary N) is 1. The first-order valence-electron chi connectivity index (χ1n) is 8.81. The summed E-state index contributed by atoms with van der Waals surface area (Å²) in [6.07, 6.45) is 3.37. The third-order valence-electron chi connectivity index (χ3n) is 4.22. The van der Waals surface area contributed by atoms with Crippen LogP contribution >= 0.6 is 11.8 Å². The van der Waals surface area contributed by atoms with Gasteiger partial charge in [-0.25, -0.2) is 0 Å². The first kappa shape index (κ1) is 19.9. The van der Waals surface area contributed by atoms with Gasteiger partial charge in [0.05, 0.1) is 11.0 Å². The highest BCUT2D eigenvalue weighted by molar-refractivity contribution is 8.18. The largest absolute Gasteiger partial charge is 0.478 e. The molecule has 28 heavy (non-hydrogen) atoms. The van der Waals surface area contributed by atoms with Crippen LogP contribution in [0.4, 0.5) is 4.79 Å². The predicted molar refractivity (Wildman–Crippen MR) is 102 cm³/mol. The number of para-hydroxylation sites is 1. The number of rotatable bonds is 7. The molecule has 0 radical (unpaired) electrons. The summed E-state index contributed by atoms with van der Waals surface area (Å²) in [5.41, 5.74) is 0.575. The Morgan fingerprint density at radius 1 is 1.43 bits per heavy atom. The van der Waals surface area contributed by atoms with Crippen LogP contribution < -0.4 is 10.1 Å². The zero-order chi connectivity index (χ0) is 19.9. The number of carbonyl (C=O) groups is 3. The van der Waals surface area contributed by atoms with Gasteiger partial charge >= 0.3 is 0 Å². The van der Waals surface area contributed by atoms with Gasteiger partial charge in [-0.1, -0.05) is 18.2 Å². The fourth-order valence-electron chi connectivity index (χ4n) is 2.85. The van der Waals surface area contributed by atoms with Crippen molar-refractivity contribution in [2.45, 2.75) is 18.9 Å². The number of nitriles is 1. The molecule has 0 bridgehead atoms. The number of imide groups is 1. The number of nitrogens with zero attached hydrogens (tertiary/aromatic N) is 2. The van der Waals surface area contributed by atoms with Crippen LogP contribution in [0.15, 0.2) is 29.2 Å². The third kappa shape index (κ3) is 4.91. The molecule has 1 aromatic rings. The van der Waals surface area contributed by atoms with E-state index < -0.39 is 17.1 Å². The third-order valence-corrected chi connectivity index (χ3v) is 5.13. The van der Waals surface area contributed by atoms with Gasteiger partial charge in [0.15, 0.2) is 6.61 Å². The maximum Gasteiger partial charge on any atom is 0.294 e. The highest BCUT2D eigenvalue weighted by Gasteiger charge is 2.36. The van der Waals surface area contributed by atoms with Crippen LogP contribution in [0.1, 0.15) is 18.4 Å². The molecule has 0 aromatic heterocycles. The standard InChI is InChI=1S/C19H19N3O5S/c20-7-9-27-15-6-2-1-4-13(15)10-16-18(24)22(19(25)28-16)12-17(23)21-11-14-5-3-8-26-14/h1-2,4,6,10,14H,3,5,8-9,11-12H2,(H,21,23)/b16-10-/t14-/m1/s1. The minimum Gasteiger partial charge on any atom is -0.478 e. The van der Waals surface area contributed by atoms with Crippen LogP contribution in [0.3, 0.4) is 0 Å². The summed E-state index contributed by atoms with van der Waals surface area (Å²) in [6, 6.07) is 8.77. The molecule has 2 aliphatic rings. The second kappa shape index (κ2) is 9.39. The predicted octanol–water partition coefficient (Wildman–Crippen LogP) is 1.92. The van der Waals surface area contributed by atoms with Crippen LogP contribution in [0.25, 0.3) is 6.08 Å². The lowest BCUT2D eigenvalue weighted by molar-refractivity contribution is -0.129. The zero-order valence-corrected chi connectivity index (χ0v) is 15.9. The number of amides is 3. The zero-order valence-electron chi connectivity index (χ0n) is 15.1. The summed E-state index contributed by atoms with van der Waals surface area (Å²) in [5, 5.41) is 10.9. The van der Waals surface area contributed by atoms with Gasteiger partial charge in [0.25, 0.3) is 11.1 Å². The molecule has 0 aliphatic carbocycles. The van der Waals surface area contributed by atoms with Gasteiger partial charge in [-0.3, -0.25) is 19.3 Å². The molecular weight excluding hydrogens is 382 g/mol. The van der Waals surface area contributed by atoms with Gasteiger partial charge in [-0.05, 0) is 36.7 Å². The quantitative estimate of drug-likeness (QED) is 0.695. The molecule has 3 amide bonds. The summed E-state index contributed by atoms with van der Waals surface area (Å²) < 4.78 is 10.8. The molecule has 2 heterocycles. The van der Waals surface area contributed by atoms with E-state index in [1.54, 1.807) is 24.3 Å². The van der Waals surface area contributed by atoms with Crippen molar-refractivity contribution in [2.24, 2.45) is 0 Å². The molecule has 2 aliphatic heterocycles. The van der Waals surface area contributed by atoms with Crippen LogP contribution in [0, 0.1) is 11.3 Å². The molecule has 9 heteroatoms. The summed E-state index contributed by atoms with van der Waals surface area (Å²) in [7, 11) is 0. The van der Waals surface area contributed by atoms with Crippen LogP contribution in [0.5, 0.6) is 5.75 Å². The smallest absolute Gasteiger partial charge is 0.294 e. The van der Waals surface area contributed by atoms with Gasteiger partial charge in [-0.15, -0.1) is 0 Å². The normalized spacial score (nSPS) is 20.5. The molecule has 8 nitrogen and oxygen atoms in total. The minimum atomic E-state index is -0.530. The van der Waals surface area contributed by atoms with E-state index in [2.05, 4.69) is 5.32 Å². The first-order valence-corrected chi connectivity index (χ1v) is 9.62. The maximum absolute atomic E-state index is 12.6. The topological polar surface area (TPSA) is 109 Å². The molecular formula is C19H19N3O5S. The van der Waals surface area contributed by atoms with Crippen molar-refractivity contribution in [1.29, 1.82) is 5.26 Å². The Morgan fingerprint density at radius 2 is 2.25 bits per heavy atom. The Balaban J connectivity index is 1.64. The molecule has 0 spiro atoms. The SMILES string of the molecule is N#CCOc1ccccc1/C=C1\SC(=O)N(CC(=O)NC[C@H]2CCCO2)C1=O. The fourth-order valence-corrected chi connectivity index (χ4v) is 3.68. The Bertz CT molecular complexity index is 842. The number of ether oxygens (including phenoxy) is 2. The molecule has 2 fully saturated rings. The molecule has 2 saturated heterocycles.